The van der Waals surface area contributed by atoms with Crippen LogP contribution in [0.3, 0.4) is 0 Å². The number of carbonyl (C=O) groups is 1. The lowest BCUT2D eigenvalue weighted by atomic mass is 10.2. The van der Waals surface area contributed by atoms with E-state index in [1.807, 2.05) is 32.0 Å². The van der Waals surface area contributed by atoms with Crippen LogP contribution >= 0.6 is 11.6 Å². The summed E-state index contributed by atoms with van der Waals surface area (Å²) in [5.74, 6) is 0.489. The Bertz CT molecular complexity index is 629. The number of aryl methyl sites for hydroxylation is 1. The standard InChI is InChI=1S/C15H15ClN2O2/c1-3-20-12-4-5-13(10(2)8-12)18-15(19)14-9-11(16)6-7-17-14/h4-9H,3H2,1-2H3,(H,18,19). The normalized spacial score (nSPS) is 10.2. The molecule has 2 rings (SSSR count). The van der Waals surface area contributed by atoms with Crippen molar-refractivity contribution in [2.45, 2.75) is 13.8 Å². The predicted octanol–water partition coefficient (Wildman–Crippen LogP) is 3.69. The van der Waals surface area contributed by atoms with Gasteiger partial charge in [-0.1, -0.05) is 11.6 Å². The second kappa shape index (κ2) is 6.39. The third kappa shape index (κ3) is 3.48. The highest BCUT2D eigenvalue weighted by Crippen LogP contribution is 2.22. The van der Waals surface area contributed by atoms with Crippen molar-refractivity contribution in [3.05, 3.63) is 52.8 Å². The number of amides is 1. The molecule has 0 radical (unpaired) electrons. The molecule has 0 unspecified atom stereocenters. The molecule has 0 aliphatic carbocycles. The van der Waals surface area contributed by atoms with Crippen molar-refractivity contribution in [2.75, 3.05) is 11.9 Å². The maximum atomic E-state index is 12.1. The molecule has 1 aromatic carbocycles. The summed E-state index contributed by atoms with van der Waals surface area (Å²) in [7, 11) is 0. The van der Waals surface area contributed by atoms with Crippen LogP contribution in [0.25, 0.3) is 0 Å². The minimum absolute atomic E-state index is 0.283. The van der Waals surface area contributed by atoms with E-state index in [1.165, 1.54) is 12.3 Å². The van der Waals surface area contributed by atoms with Gasteiger partial charge in [0, 0.05) is 16.9 Å². The fourth-order valence-corrected chi connectivity index (χ4v) is 1.91. The summed E-state index contributed by atoms with van der Waals surface area (Å²) in [6.45, 7) is 4.44. The number of benzene rings is 1. The zero-order chi connectivity index (χ0) is 14.5. The molecular weight excluding hydrogens is 276 g/mol. The van der Waals surface area contributed by atoms with Gasteiger partial charge >= 0.3 is 0 Å². The molecule has 0 fully saturated rings. The third-order valence-electron chi connectivity index (χ3n) is 2.71. The van der Waals surface area contributed by atoms with E-state index in [-0.39, 0.29) is 11.6 Å². The number of hydrogen-bond acceptors (Lipinski definition) is 3. The van der Waals surface area contributed by atoms with Gasteiger partial charge in [-0.25, -0.2) is 0 Å². The molecule has 1 aromatic heterocycles. The van der Waals surface area contributed by atoms with Gasteiger partial charge in [0.2, 0.25) is 0 Å². The summed E-state index contributed by atoms with van der Waals surface area (Å²) < 4.78 is 5.40. The third-order valence-corrected chi connectivity index (χ3v) is 2.95. The Kier molecular flexibility index (Phi) is 4.58. The van der Waals surface area contributed by atoms with Crippen LogP contribution in [0, 0.1) is 6.92 Å². The SMILES string of the molecule is CCOc1ccc(NC(=O)c2cc(Cl)ccn2)c(C)c1. The van der Waals surface area contributed by atoms with Crippen molar-refractivity contribution in [2.24, 2.45) is 0 Å². The lowest BCUT2D eigenvalue weighted by Crippen LogP contribution is -2.14. The number of pyridine rings is 1. The van der Waals surface area contributed by atoms with Crippen molar-refractivity contribution in [1.29, 1.82) is 0 Å². The minimum atomic E-state index is -0.292. The van der Waals surface area contributed by atoms with Crippen molar-refractivity contribution in [1.82, 2.24) is 4.98 Å². The Labute approximate surface area is 122 Å². The van der Waals surface area contributed by atoms with E-state index in [0.29, 0.717) is 11.6 Å². The van der Waals surface area contributed by atoms with Gasteiger partial charge in [0.25, 0.3) is 5.91 Å². The number of nitrogens with one attached hydrogen (secondary N) is 1. The Morgan fingerprint density at radius 2 is 2.15 bits per heavy atom. The Hall–Kier alpha value is -2.07. The average Bonchev–Trinajstić information content (AvgIpc) is 2.42. The molecule has 4 nitrogen and oxygen atoms in total. The molecule has 0 bridgehead atoms. The van der Waals surface area contributed by atoms with E-state index in [9.17, 15) is 4.79 Å². The van der Waals surface area contributed by atoms with Crippen molar-refractivity contribution in [3.8, 4) is 5.75 Å². The summed E-state index contributed by atoms with van der Waals surface area (Å²) in [4.78, 5) is 16.1. The number of carbonyl (C=O) groups excluding carboxylic acids is 1. The molecule has 0 saturated carbocycles. The van der Waals surface area contributed by atoms with E-state index in [2.05, 4.69) is 10.3 Å². The molecule has 1 amide bonds. The van der Waals surface area contributed by atoms with Gasteiger partial charge in [0.15, 0.2) is 0 Å². The summed E-state index contributed by atoms with van der Waals surface area (Å²) >= 11 is 5.84. The van der Waals surface area contributed by atoms with E-state index < -0.39 is 0 Å². The topological polar surface area (TPSA) is 51.2 Å². The fraction of sp³-hybridized carbons (Fsp3) is 0.200. The van der Waals surface area contributed by atoms with E-state index in [1.54, 1.807) is 6.07 Å². The van der Waals surface area contributed by atoms with Gasteiger partial charge in [-0.3, -0.25) is 9.78 Å². The largest absolute Gasteiger partial charge is 0.494 e. The van der Waals surface area contributed by atoms with Crippen LogP contribution in [0.15, 0.2) is 36.5 Å². The van der Waals surface area contributed by atoms with Gasteiger partial charge in [-0.15, -0.1) is 0 Å². The second-order valence-corrected chi connectivity index (χ2v) is 4.66. The molecule has 5 heteroatoms. The second-order valence-electron chi connectivity index (χ2n) is 4.22. The Morgan fingerprint density at radius 1 is 1.35 bits per heavy atom. The number of ether oxygens (including phenoxy) is 1. The van der Waals surface area contributed by atoms with Crippen LogP contribution < -0.4 is 10.1 Å². The van der Waals surface area contributed by atoms with Crippen LogP contribution in [0.5, 0.6) is 5.75 Å². The maximum Gasteiger partial charge on any atom is 0.274 e. The first-order valence-electron chi connectivity index (χ1n) is 6.26. The van der Waals surface area contributed by atoms with Crippen molar-refractivity contribution >= 4 is 23.2 Å². The highest BCUT2D eigenvalue weighted by molar-refractivity contribution is 6.30. The zero-order valence-corrected chi connectivity index (χ0v) is 12.1. The maximum absolute atomic E-state index is 12.1. The molecule has 20 heavy (non-hydrogen) atoms. The smallest absolute Gasteiger partial charge is 0.274 e. The first-order chi connectivity index (χ1) is 9.60. The lowest BCUT2D eigenvalue weighted by molar-refractivity contribution is 0.102. The average molecular weight is 291 g/mol. The predicted molar refractivity (Wildman–Crippen MR) is 79.5 cm³/mol. The molecule has 0 saturated heterocycles. The molecule has 0 aliphatic rings. The highest BCUT2D eigenvalue weighted by Gasteiger charge is 2.10. The quantitative estimate of drug-likeness (QED) is 0.934. The van der Waals surface area contributed by atoms with E-state index >= 15 is 0 Å². The van der Waals surface area contributed by atoms with E-state index in [0.717, 1.165) is 17.0 Å². The number of hydrogen-bond donors (Lipinski definition) is 1. The fourth-order valence-electron chi connectivity index (χ4n) is 1.75. The minimum Gasteiger partial charge on any atom is -0.494 e. The van der Waals surface area contributed by atoms with Crippen molar-refractivity contribution < 1.29 is 9.53 Å². The summed E-state index contributed by atoms with van der Waals surface area (Å²) in [6, 6.07) is 8.66. The van der Waals surface area contributed by atoms with E-state index in [4.69, 9.17) is 16.3 Å². The number of rotatable bonds is 4. The van der Waals surface area contributed by atoms with Crippen LogP contribution in [0.4, 0.5) is 5.69 Å². The van der Waals surface area contributed by atoms with Gasteiger partial charge in [-0.2, -0.15) is 0 Å². The number of aromatic nitrogens is 1. The first kappa shape index (κ1) is 14.3. The molecule has 104 valence electrons. The first-order valence-corrected chi connectivity index (χ1v) is 6.64. The molecule has 0 spiro atoms. The van der Waals surface area contributed by atoms with Crippen LogP contribution in [0.2, 0.25) is 5.02 Å². The molecule has 0 atom stereocenters. The zero-order valence-electron chi connectivity index (χ0n) is 11.3. The molecule has 1 heterocycles. The summed E-state index contributed by atoms with van der Waals surface area (Å²) in [6.07, 6.45) is 1.50. The summed E-state index contributed by atoms with van der Waals surface area (Å²) in [5, 5.41) is 3.29. The monoisotopic (exact) mass is 290 g/mol. The lowest BCUT2D eigenvalue weighted by Gasteiger charge is -2.10. The number of anilines is 1. The van der Waals surface area contributed by atoms with Gasteiger partial charge < -0.3 is 10.1 Å². The Morgan fingerprint density at radius 3 is 2.80 bits per heavy atom. The molecule has 0 aliphatic heterocycles. The van der Waals surface area contributed by atoms with Gasteiger partial charge in [-0.05, 0) is 49.7 Å². The van der Waals surface area contributed by atoms with Gasteiger partial charge in [0.1, 0.15) is 11.4 Å². The van der Waals surface area contributed by atoms with Crippen LogP contribution in [0.1, 0.15) is 23.0 Å². The molecular formula is C15H15ClN2O2. The number of halogens is 1. The number of nitrogens with zero attached hydrogens (tertiary/aromatic N) is 1. The van der Waals surface area contributed by atoms with Gasteiger partial charge in [0.05, 0.1) is 6.61 Å². The molecule has 1 N–H and O–H groups in total. The highest BCUT2D eigenvalue weighted by atomic mass is 35.5. The molecule has 2 aromatic rings. The van der Waals surface area contributed by atoms with Crippen LogP contribution in [-0.4, -0.2) is 17.5 Å². The van der Waals surface area contributed by atoms with Crippen LogP contribution in [-0.2, 0) is 0 Å². The Balaban J connectivity index is 2.15. The summed E-state index contributed by atoms with van der Waals surface area (Å²) in [5.41, 5.74) is 1.93. The van der Waals surface area contributed by atoms with Crippen molar-refractivity contribution in [3.63, 3.8) is 0 Å².